The number of hydrogen-bond donors (Lipinski definition) is 4. The largest absolute Gasteiger partial charge is 0.508 e. The van der Waals surface area contributed by atoms with Crippen LogP contribution in [0.2, 0.25) is 0 Å². The molecule has 0 bridgehead atoms. The summed E-state index contributed by atoms with van der Waals surface area (Å²) in [5.41, 5.74) is 4.36. The maximum atomic E-state index is 13.2. The molecule has 1 aliphatic heterocycles. The number of phenols is 1. The van der Waals surface area contributed by atoms with Crippen molar-refractivity contribution in [1.82, 2.24) is 14.6 Å². The first-order valence-corrected chi connectivity index (χ1v) is 17.3. The predicted octanol–water partition coefficient (Wildman–Crippen LogP) is 5.12. The van der Waals surface area contributed by atoms with Gasteiger partial charge in [0.25, 0.3) is 0 Å². The second kappa shape index (κ2) is 14.9. The molecule has 4 aromatic carbocycles. The Bertz CT molecular complexity index is 1930. The summed E-state index contributed by atoms with van der Waals surface area (Å²) < 4.78 is 42.0. The van der Waals surface area contributed by atoms with E-state index in [-0.39, 0.29) is 36.0 Å². The van der Waals surface area contributed by atoms with Gasteiger partial charge >= 0.3 is 0 Å². The highest BCUT2D eigenvalue weighted by atomic mass is 32.2. The minimum absolute atomic E-state index is 0.0478. The second-order valence-electron chi connectivity index (χ2n) is 12.1. The van der Waals surface area contributed by atoms with E-state index in [4.69, 9.17) is 9.47 Å². The first kappa shape index (κ1) is 33.7. The van der Waals surface area contributed by atoms with Crippen LogP contribution in [0.15, 0.2) is 114 Å². The zero-order valence-electron chi connectivity index (χ0n) is 26.5. The van der Waals surface area contributed by atoms with Crippen LogP contribution in [-0.4, -0.2) is 59.9 Å². The SMILES string of the molecule is CN(C[C@@H]1C[C@H](c2ccc(CO)cc2)OC(c2ccc(CNS(=O)(=O)c3cccc4cccnc34)cc2)O1)C[C@@H](O)c1cccc(O)c1. The van der Waals surface area contributed by atoms with E-state index in [0.29, 0.717) is 30.6 Å². The van der Waals surface area contributed by atoms with E-state index in [9.17, 15) is 23.7 Å². The summed E-state index contributed by atoms with van der Waals surface area (Å²) in [6, 6.07) is 30.4. The molecule has 1 fully saturated rings. The topological polar surface area (TPSA) is 141 Å². The first-order valence-electron chi connectivity index (χ1n) is 15.8. The fraction of sp³-hybridized carbons (Fsp3) is 0.270. The first-order chi connectivity index (χ1) is 23.2. The lowest BCUT2D eigenvalue weighted by molar-refractivity contribution is -0.252. The van der Waals surface area contributed by atoms with Crippen LogP contribution in [0, 0.1) is 0 Å². The fourth-order valence-electron chi connectivity index (χ4n) is 5.93. The molecule has 0 spiro atoms. The number of fused-ring (bicyclic) bond motifs is 1. The van der Waals surface area contributed by atoms with Crippen LogP contribution in [0.3, 0.4) is 0 Å². The molecule has 10 nitrogen and oxygen atoms in total. The normalized spacial score (nSPS) is 19.0. The molecule has 4 atom stereocenters. The Labute approximate surface area is 280 Å². The van der Waals surface area contributed by atoms with E-state index in [1.807, 2.05) is 72.6 Å². The average Bonchev–Trinajstić information content (AvgIpc) is 3.10. The van der Waals surface area contributed by atoms with Gasteiger partial charge in [0.05, 0.1) is 30.4 Å². The maximum absolute atomic E-state index is 13.2. The molecule has 48 heavy (non-hydrogen) atoms. The number of aromatic hydroxyl groups is 1. The third kappa shape index (κ3) is 8.08. The second-order valence-corrected chi connectivity index (χ2v) is 13.8. The van der Waals surface area contributed by atoms with Crippen molar-refractivity contribution in [2.75, 3.05) is 20.1 Å². The lowest BCUT2D eigenvalue weighted by Crippen LogP contribution is -2.39. The number of hydrogen-bond acceptors (Lipinski definition) is 9. The number of aliphatic hydroxyl groups excluding tert-OH is 2. The Kier molecular flexibility index (Phi) is 10.5. The van der Waals surface area contributed by atoms with Crippen LogP contribution in [0.25, 0.3) is 10.9 Å². The highest BCUT2D eigenvalue weighted by molar-refractivity contribution is 7.89. The Morgan fingerprint density at radius 2 is 1.62 bits per heavy atom. The standard InChI is InChI=1S/C37H39N3O7S/c1-40(23-33(43)30-6-2-8-31(42)19-30)22-32-20-34(27-14-12-26(24-41)13-15-27)47-37(46-32)29-16-10-25(11-17-29)21-39-48(44,45)35-9-3-5-28-7-4-18-38-36(28)35/h2-19,32-34,37,39,41-43H,20-24H2,1H3/t32-,33+,34+,37?/m0/s1. The Morgan fingerprint density at radius 1 is 0.917 bits per heavy atom. The van der Waals surface area contributed by atoms with Gasteiger partial charge in [0.2, 0.25) is 10.0 Å². The summed E-state index contributed by atoms with van der Waals surface area (Å²) in [7, 11) is -1.91. The number of pyridine rings is 1. The third-order valence-electron chi connectivity index (χ3n) is 8.47. The molecular formula is C37H39N3O7S. The molecular weight excluding hydrogens is 630 g/mol. The molecule has 1 saturated heterocycles. The summed E-state index contributed by atoms with van der Waals surface area (Å²) in [4.78, 5) is 6.40. The van der Waals surface area contributed by atoms with E-state index in [0.717, 1.165) is 27.6 Å². The number of aromatic nitrogens is 1. The zero-order valence-corrected chi connectivity index (χ0v) is 27.3. The van der Waals surface area contributed by atoms with Crippen molar-refractivity contribution in [3.8, 4) is 5.75 Å². The van der Waals surface area contributed by atoms with Crippen molar-refractivity contribution >= 4 is 20.9 Å². The van der Waals surface area contributed by atoms with Crippen molar-refractivity contribution in [1.29, 1.82) is 0 Å². The number of aliphatic hydroxyl groups is 2. The van der Waals surface area contributed by atoms with E-state index >= 15 is 0 Å². The van der Waals surface area contributed by atoms with Gasteiger partial charge in [0, 0.05) is 43.2 Å². The van der Waals surface area contributed by atoms with Gasteiger partial charge < -0.3 is 29.7 Å². The zero-order chi connectivity index (χ0) is 33.7. The summed E-state index contributed by atoms with van der Waals surface area (Å²) in [5.74, 6) is 0.102. The van der Waals surface area contributed by atoms with E-state index in [1.165, 1.54) is 0 Å². The smallest absolute Gasteiger partial charge is 0.243 e. The molecule has 5 aromatic rings. The minimum Gasteiger partial charge on any atom is -0.508 e. The molecule has 0 aliphatic carbocycles. The Hall–Kier alpha value is -4.20. The van der Waals surface area contributed by atoms with Crippen LogP contribution < -0.4 is 4.72 Å². The van der Waals surface area contributed by atoms with Crippen molar-refractivity contribution in [2.24, 2.45) is 0 Å². The van der Waals surface area contributed by atoms with Crippen LogP contribution in [0.5, 0.6) is 5.75 Å². The summed E-state index contributed by atoms with van der Waals surface area (Å²) in [6.45, 7) is 0.898. The maximum Gasteiger partial charge on any atom is 0.243 e. The molecule has 6 rings (SSSR count). The van der Waals surface area contributed by atoms with Gasteiger partial charge in [-0.25, -0.2) is 13.1 Å². The van der Waals surface area contributed by atoms with Crippen LogP contribution in [0.4, 0.5) is 0 Å². The van der Waals surface area contributed by atoms with Gasteiger partial charge in [-0.1, -0.05) is 78.9 Å². The predicted molar refractivity (Wildman–Crippen MR) is 181 cm³/mol. The van der Waals surface area contributed by atoms with Crippen molar-refractivity contribution in [3.63, 3.8) is 0 Å². The van der Waals surface area contributed by atoms with Crippen molar-refractivity contribution in [2.45, 2.75) is 49.1 Å². The van der Waals surface area contributed by atoms with Gasteiger partial charge in [-0.15, -0.1) is 0 Å². The average molecular weight is 670 g/mol. The lowest BCUT2D eigenvalue weighted by atomic mass is 9.99. The number of phenolic OH excluding ortho intramolecular Hbond substituents is 1. The summed E-state index contributed by atoms with van der Waals surface area (Å²) in [6.07, 6.45) is 0.141. The number of para-hydroxylation sites is 1. The molecule has 0 radical (unpaired) electrons. The number of benzene rings is 4. The molecule has 0 saturated carbocycles. The number of nitrogens with one attached hydrogen (secondary N) is 1. The van der Waals surface area contributed by atoms with E-state index in [2.05, 4.69) is 9.71 Å². The minimum atomic E-state index is -3.82. The number of likely N-dealkylation sites (N-methyl/N-ethyl adjacent to an activating group) is 1. The van der Waals surface area contributed by atoms with Gasteiger partial charge in [-0.2, -0.15) is 0 Å². The highest BCUT2D eigenvalue weighted by Crippen LogP contribution is 2.38. The molecule has 0 amide bonds. The van der Waals surface area contributed by atoms with Crippen LogP contribution in [0.1, 0.15) is 52.7 Å². The molecule has 250 valence electrons. The molecule has 1 unspecified atom stereocenters. The third-order valence-corrected chi connectivity index (χ3v) is 9.91. The van der Waals surface area contributed by atoms with Crippen molar-refractivity contribution < 1.29 is 33.2 Å². The number of ether oxygens (including phenoxy) is 2. The quantitative estimate of drug-likeness (QED) is 0.142. The monoisotopic (exact) mass is 669 g/mol. The summed E-state index contributed by atoms with van der Waals surface area (Å²) >= 11 is 0. The van der Waals surface area contributed by atoms with Gasteiger partial charge in [0.15, 0.2) is 6.29 Å². The Morgan fingerprint density at radius 3 is 2.38 bits per heavy atom. The number of sulfonamides is 1. The van der Waals surface area contributed by atoms with E-state index < -0.39 is 22.4 Å². The van der Waals surface area contributed by atoms with E-state index in [1.54, 1.807) is 48.7 Å². The van der Waals surface area contributed by atoms with Crippen LogP contribution >= 0.6 is 0 Å². The molecule has 4 N–H and O–H groups in total. The highest BCUT2D eigenvalue weighted by Gasteiger charge is 2.33. The van der Waals surface area contributed by atoms with Gasteiger partial charge in [-0.05, 0) is 53.6 Å². The van der Waals surface area contributed by atoms with Crippen molar-refractivity contribution in [3.05, 3.63) is 137 Å². The van der Waals surface area contributed by atoms with Gasteiger partial charge in [0.1, 0.15) is 10.6 Å². The lowest BCUT2D eigenvalue weighted by Gasteiger charge is -2.38. The molecule has 11 heteroatoms. The number of rotatable bonds is 12. The van der Waals surface area contributed by atoms with Gasteiger partial charge in [-0.3, -0.25) is 4.98 Å². The molecule has 1 aliphatic rings. The number of nitrogens with zero attached hydrogens (tertiary/aromatic N) is 2. The Balaban J connectivity index is 1.15. The van der Waals surface area contributed by atoms with Crippen LogP contribution in [-0.2, 0) is 32.6 Å². The fourth-order valence-corrected chi connectivity index (χ4v) is 7.12. The molecule has 1 aromatic heterocycles. The molecule has 2 heterocycles. The summed E-state index contributed by atoms with van der Waals surface area (Å²) in [5, 5.41) is 30.9.